The van der Waals surface area contributed by atoms with Crippen molar-refractivity contribution in [3.63, 3.8) is 0 Å². The van der Waals surface area contributed by atoms with Crippen molar-refractivity contribution < 1.29 is 0 Å². The van der Waals surface area contributed by atoms with Crippen molar-refractivity contribution in [2.24, 2.45) is 21.6 Å². The Labute approximate surface area is 126 Å². The van der Waals surface area contributed by atoms with E-state index in [9.17, 15) is 0 Å². The fourth-order valence-corrected chi connectivity index (χ4v) is 2.58. The van der Waals surface area contributed by atoms with Gasteiger partial charge in [0.05, 0.1) is 0 Å². The highest BCUT2D eigenvalue weighted by atomic mass is 15.3. The van der Waals surface area contributed by atoms with E-state index >= 15 is 0 Å². The first-order chi connectivity index (χ1) is 10.2. The first-order valence-corrected chi connectivity index (χ1v) is 7.97. The van der Waals surface area contributed by atoms with Crippen LogP contribution < -0.4 is 11.1 Å². The van der Waals surface area contributed by atoms with Crippen molar-refractivity contribution in [1.29, 1.82) is 0 Å². The molecule has 3 rings (SSSR count). The Bertz CT molecular complexity index is 455. The van der Waals surface area contributed by atoms with Gasteiger partial charge in [-0.1, -0.05) is 0 Å². The summed E-state index contributed by atoms with van der Waals surface area (Å²) in [5.41, 5.74) is 5.94. The van der Waals surface area contributed by atoms with Gasteiger partial charge in [0.1, 0.15) is 17.5 Å². The van der Waals surface area contributed by atoms with Gasteiger partial charge in [0.25, 0.3) is 0 Å². The van der Waals surface area contributed by atoms with Gasteiger partial charge in [-0.2, -0.15) is 0 Å². The molecule has 116 valence electrons. The van der Waals surface area contributed by atoms with Crippen molar-refractivity contribution in [2.75, 3.05) is 46.3 Å². The van der Waals surface area contributed by atoms with E-state index in [4.69, 9.17) is 10.7 Å². The number of rotatable bonds is 3. The number of hydrogen-bond donors (Lipinski definition) is 2. The Morgan fingerprint density at radius 2 is 2.05 bits per heavy atom. The van der Waals surface area contributed by atoms with E-state index in [1.54, 1.807) is 0 Å². The summed E-state index contributed by atoms with van der Waals surface area (Å²) in [5.74, 6) is 3.41. The number of hydrogen-bond acceptors (Lipinski definition) is 6. The molecule has 0 atom stereocenters. The van der Waals surface area contributed by atoms with Crippen LogP contribution in [0.5, 0.6) is 0 Å². The first-order valence-electron chi connectivity index (χ1n) is 7.97. The molecule has 1 aliphatic carbocycles. The van der Waals surface area contributed by atoms with Crippen LogP contribution in [0.1, 0.15) is 19.3 Å². The summed E-state index contributed by atoms with van der Waals surface area (Å²) in [6.45, 7) is 5.95. The van der Waals surface area contributed by atoms with E-state index < -0.39 is 0 Å². The van der Waals surface area contributed by atoms with Crippen molar-refractivity contribution in [1.82, 2.24) is 15.1 Å². The summed E-state index contributed by atoms with van der Waals surface area (Å²) >= 11 is 0. The maximum absolute atomic E-state index is 5.94. The third-order valence-electron chi connectivity index (χ3n) is 4.27. The van der Waals surface area contributed by atoms with Gasteiger partial charge in [0.15, 0.2) is 0 Å². The zero-order chi connectivity index (χ0) is 14.7. The smallest absolute Gasteiger partial charge is 0.131 e. The molecule has 0 spiro atoms. The predicted octanol–water partition coefficient (Wildman–Crippen LogP) is 0.234. The van der Waals surface area contributed by atoms with Crippen molar-refractivity contribution in [3.05, 3.63) is 11.9 Å². The van der Waals surface area contributed by atoms with Gasteiger partial charge in [-0.3, -0.25) is 4.99 Å². The molecular weight excluding hydrogens is 264 g/mol. The third kappa shape index (κ3) is 4.20. The fourth-order valence-electron chi connectivity index (χ4n) is 2.58. The Morgan fingerprint density at radius 1 is 1.29 bits per heavy atom. The Hall–Kier alpha value is -1.56. The van der Waals surface area contributed by atoms with Crippen LogP contribution in [0.3, 0.4) is 0 Å². The van der Waals surface area contributed by atoms with Crippen LogP contribution in [0, 0.1) is 5.92 Å². The van der Waals surface area contributed by atoms with Crippen LogP contribution in [0.15, 0.2) is 21.9 Å². The highest BCUT2D eigenvalue weighted by Gasteiger charge is 2.22. The van der Waals surface area contributed by atoms with E-state index in [0.717, 1.165) is 63.3 Å². The van der Waals surface area contributed by atoms with Crippen molar-refractivity contribution >= 4 is 11.7 Å². The molecular formula is C15H26N6. The minimum absolute atomic E-state index is 0.672. The van der Waals surface area contributed by atoms with Gasteiger partial charge < -0.3 is 20.9 Å². The molecule has 0 aromatic heterocycles. The Kier molecular flexibility index (Phi) is 4.43. The second-order valence-corrected chi connectivity index (χ2v) is 6.24. The highest BCUT2D eigenvalue weighted by Crippen LogP contribution is 2.27. The van der Waals surface area contributed by atoms with Gasteiger partial charge in [0.2, 0.25) is 0 Å². The molecule has 0 aromatic rings. The van der Waals surface area contributed by atoms with Crippen LogP contribution in [0.2, 0.25) is 0 Å². The summed E-state index contributed by atoms with van der Waals surface area (Å²) in [7, 11) is 2.17. The highest BCUT2D eigenvalue weighted by molar-refractivity contribution is 5.95. The quantitative estimate of drug-likeness (QED) is 0.781. The second-order valence-electron chi connectivity index (χ2n) is 6.24. The maximum Gasteiger partial charge on any atom is 0.131 e. The number of nitrogens with zero attached hydrogens (tertiary/aromatic N) is 4. The normalized spacial score (nSPS) is 24.6. The van der Waals surface area contributed by atoms with Gasteiger partial charge in [0, 0.05) is 51.8 Å². The van der Waals surface area contributed by atoms with Crippen LogP contribution in [-0.2, 0) is 0 Å². The first kappa shape index (κ1) is 14.4. The fraction of sp³-hybridized carbons (Fsp3) is 0.733. The van der Waals surface area contributed by atoms with E-state index in [0.29, 0.717) is 5.84 Å². The number of nitrogens with two attached hydrogens (primary N) is 1. The van der Waals surface area contributed by atoms with E-state index in [1.807, 2.05) is 0 Å². The second kappa shape index (κ2) is 6.47. The number of nitrogens with one attached hydrogen (secondary N) is 1. The lowest BCUT2D eigenvalue weighted by molar-refractivity contribution is 0.216. The monoisotopic (exact) mass is 290 g/mol. The van der Waals surface area contributed by atoms with Gasteiger partial charge >= 0.3 is 0 Å². The zero-order valence-electron chi connectivity index (χ0n) is 12.9. The van der Waals surface area contributed by atoms with Crippen LogP contribution in [-0.4, -0.2) is 67.8 Å². The third-order valence-corrected chi connectivity index (χ3v) is 4.27. The summed E-state index contributed by atoms with van der Waals surface area (Å²) in [4.78, 5) is 14.0. The van der Waals surface area contributed by atoms with E-state index in [2.05, 4.69) is 33.2 Å². The molecule has 2 heterocycles. The number of aliphatic imine (C=N–C) groups is 2. The molecule has 1 saturated heterocycles. The average molecular weight is 290 g/mol. The lowest BCUT2D eigenvalue weighted by atomic mass is 10.3. The molecule has 0 unspecified atom stereocenters. The van der Waals surface area contributed by atoms with Crippen LogP contribution >= 0.6 is 0 Å². The molecule has 2 aliphatic heterocycles. The van der Waals surface area contributed by atoms with Gasteiger partial charge in [-0.05, 0) is 25.8 Å². The minimum Gasteiger partial charge on any atom is -0.387 e. The standard InChI is InChI=1S/C15H26N6/c1-20-6-8-21(9-7-20)15-10-14(18-11-12-2-3-12)19-13(16)4-5-17-15/h10,12,18H,2-9,11H2,1H3,(H2,16,19). The molecule has 0 bridgehead atoms. The molecule has 0 radical (unpaired) electrons. The predicted molar refractivity (Wildman–Crippen MR) is 86.4 cm³/mol. The maximum atomic E-state index is 5.94. The average Bonchev–Trinajstić information content (AvgIpc) is 3.26. The molecule has 3 aliphatic rings. The molecule has 0 aromatic carbocycles. The van der Waals surface area contributed by atoms with Crippen LogP contribution in [0.4, 0.5) is 0 Å². The van der Waals surface area contributed by atoms with Gasteiger partial charge in [-0.25, -0.2) is 4.99 Å². The summed E-state index contributed by atoms with van der Waals surface area (Å²) in [5, 5.41) is 3.44. The van der Waals surface area contributed by atoms with Gasteiger partial charge in [-0.15, -0.1) is 0 Å². The largest absolute Gasteiger partial charge is 0.387 e. The molecule has 0 amide bonds. The molecule has 6 nitrogen and oxygen atoms in total. The van der Waals surface area contributed by atoms with Crippen molar-refractivity contribution in [3.8, 4) is 0 Å². The molecule has 1 saturated carbocycles. The number of amidine groups is 2. The summed E-state index contributed by atoms with van der Waals surface area (Å²) in [6, 6.07) is 0. The van der Waals surface area contributed by atoms with Crippen LogP contribution in [0.25, 0.3) is 0 Å². The topological polar surface area (TPSA) is 69.2 Å². The lowest BCUT2D eigenvalue weighted by Gasteiger charge is -2.34. The molecule has 3 N–H and O–H groups in total. The minimum atomic E-state index is 0.672. The SMILES string of the molecule is CN1CCN(C2=NCCC(N)=NC(NCC3CC3)=C2)CC1. The number of likely N-dealkylation sites (N-methyl/N-ethyl adjacent to an activating group) is 1. The lowest BCUT2D eigenvalue weighted by Crippen LogP contribution is -2.47. The Morgan fingerprint density at radius 3 is 2.76 bits per heavy atom. The van der Waals surface area contributed by atoms with E-state index in [-0.39, 0.29) is 0 Å². The zero-order valence-corrected chi connectivity index (χ0v) is 12.9. The Balaban J connectivity index is 1.70. The summed E-state index contributed by atoms with van der Waals surface area (Å²) < 4.78 is 0. The molecule has 6 heteroatoms. The van der Waals surface area contributed by atoms with E-state index in [1.165, 1.54) is 12.8 Å². The molecule has 21 heavy (non-hydrogen) atoms. The molecule has 2 fully saturated rings. The summed E-state index contributed by atoms with van der Waals surface area (Å²) in [6.07, 6.45) is 5.47. The number of piperazine rings is 1. The van der Waals surface area contributed by atoms with Crippen molar-refractivity contribution in [2.45, 2.75) is 19.3 Å².